The van der Waals surface area contributed by atoms with E-state index in [4.69, 9.17) is 0 Å². The molecule has 1 saturated heterocycles. The largest absolute Gasteiger partial charge is 0.357 e. The molecule has 5 heteroatoms. The molecule has 0 bridgehead atoms. The van der Waals surface area contributed by atoms with Crippen LogP contribution >= 0.6 is 24.0 Å². The van der Waals surface area contributed by atoms with Gasteiger partial charge in [-0.05, 0) is 46.2 Å². The van der Waals surface area contributed by atoms with Crippen molar-refractivity contribution < 1.29 is 0 Å². The zero-order valence-electron chi connectivity index (χ0n) is 11.3. The molecule has 0 aromatic rings. The zero-order valence-corrected chi connectivity index (χ0v) is 13.7. The van der Waals surface area contributed by atoms with Crippen molar-refractivity contribution in [3.63, 3.8) is 0 Å². The Hall–Kier alpha value is -0.0400. The van der Waals surface area contributed by atoms with Crippen molar-refractivity contribution >= 4 is 29.9 Å². The van der Waals surface area contributed by atoms with Crippen LogP contribution in [0.4, 0.5) is 0 Å². The third-order valence-corrected chi connectivity index (χ3v) is 2.92. The first-order valence-corrected chi connectivity index (χ1v) is 6.47. The number of nitrogens with one attached hydrogen (secondary N) is 2. The second-order valence-corrected chi connectivity index (χ2v) is 4.52. The van der Waals surface area contributed by atoms with Gasteiger partial charge in [-0.15, -0.1) is 24.0 Å². The van der Waals surface area contributed by atoms with Gasteiger partial charge in [-0.25, -0.2) is 0 Å². The molecule has 1 rings (SSSR count). The number of likely N-dealkylation sites (tertiary alicyclic amines) is 1. The first-order chi connectivity index (χ1) is 7.76. The molecule has 102 valence electrons. The van der Waals surface area contributed by atoms with E-state index >= 15 is 0 Å². The molecule has 1 heterocycles. The van der Waals surface area contributed by atoms with Gasteiger partial charge in [0.2, 0.25) is 0 Å². The van der Waals surface area contributed by atoms with Gasteiger partial charge >= 0.3 is 0 Å². The van der Waals surface area contributed by atoms with E-state index < -0.39 is 0 Å². The molecule has 1 fully saturated rings. The Morgan fingerprint density at radius 1 is 1.29 bits per heavy atom. The number of rotatable bonds is 4. The second-order valence-electron chi connectivity index (χ2n) is 4.52. The van der Waals surface area contributed by atoms with Crippen molar-refractivity contribution in [1.82, 2.24) is 15.5 Å². The minimum absolute atomic E-state index is 0. The summed E-state index contributed by atoms with van der Waals surface area (Å²) in [5, 5.41) is 6.52. The Labute approximate surface area is 123 Å². The average molecular weight is 354 g/mol. The van der Waals surface area contributed by atoms with Crippen LogP contribution in [0.2, 0.25) is 0 Å². The normalized spacial score (nSPS) is 20.3. The van der Waals surface area contributed by atoms with Gasteiger partial charge in [-0.2, -0.15) is 0 Å². The number of hydrogen-bond donors (Lipinski definition) is 2. The van der Waals surface area contributed by atoms with Crippen molar-refractivity contribution in [1.29, 1.82) is 0 Å². The van der Waals surface area contributed by atoms with Crippen LogP contribution in [-0.2, 0) is 0 Å². The Bertz CT molecular complexity index is 213. The molecule has 1 aliphatic rings. The van der Waals surface area contributed by atoms with Crippen molar-refractivity contribution in [2.45, 2.75) is 26.7 Å². The Morgan fingerprint density at radius 3 is 2.47 bits per heavy atom. The monoisotopic (exact) mass is 354 g/mol. The SMILES string of the molecule is CCNC(=NCC1CCCN(C)C1)NCC.I. The first-order valence-electron chi connectivity index (χ1n) is 6.47. The molecule has 0 amide bonds. The van der Waals surface area contributed by atoms with Gasteiger partial charge in [0, 0.05) is 26.2 Å². The molecule has 0 spiro atoms. The molecule has 1 aliphatic heterocycles. The maximum Gasteiger partial charge on any atom is 0.191 e. The van der Waals surface area contributed by atoms with Crippen LogP contribution in [0.25, 0.3) is 0 Å². The van der Waals surface area contributed by atoms with Crippen LogP contribution in [0.3, 0.4) is 0 Å². The number of nitrogens with zero attached hydrogens (tertiary/aromatic N) is 2. The summed E-state index contributed by atoms with van der Waals surface area (Å²) in [4.78, 5) is 7.04. The number of hydrogen-bond acceptors (Lipinski definition) is 2. The molecule has 2 N–H and O–H groups in total. The van der Waals surface area contributed by atoms with Crippen molar-refractivity contribution in [3.05, 3.63) is 0 Å². The van der Waals surface area contributed by atoms with Crippen molar-refractivity contribution in [3.8, 4) is 0 Å². The molecular formula is C12H27IN4. The van der Waals surface area contributed by atoms with Crippen LogP contribution < -0.4 is 10.6 Å². The van der Waals surface area contributed by atoms with Gasteiger partial charge in [0.15, 0.2) is 5.96 Å². The predicted octanol–water partition coefficient (Wildman–Crippen LogP) is 1.52. The number of halogens is 1. The highest BCUT2D eigenvalue weighted by Gasteiger charge is 2.16. The lowest BCUT2D eigenvalue weighted by Gasteiger charge is -2.28. The lowest BCUT2D eigenvalue weighted by molar-refractivity contribution is 0.214. The lowest BCUT2D eigenvalue weighted by atomic mass is 9.99. The first kappa shape index (κ1) is 17.0. The van der Waals surface area contributed by atoms with Crippen LogP contribution in [-0.4, -0.2) is 50.6 Å². The molecule has 0 aromatic heterocycles. The fraction of sp³-hybridized carbons (Fsp3) is 0.917. The van der Waals surface area contributed by atoms with Gasteiger partial charge in [-0.1, -0.05) is 0 Å². The van der Waals surface area contributed by atoms with Gasteiger partial charge in [0.1, 0.15) is 0 Å². The van der Waals surface area contributed by atoms with E-state index in [1.807, 2.05) is 0 Å². The number of aliphatic imine (C=N–C) groups is 1. The summed E-state index contributed by atoms with van der Waals surface area (Å²) in [6, 6.07) is 0. The summed E-state index contributed by atoms with van der Waals surface area (Å²) in [5.74, 6) is 1.68. The fourth-order valence-corrected chi connectivity index (χ4v) is 2.15. The smallest absolute Gasteiger partial charge is 0.191 e. The predicted molar refractivity (Wildman–Crippen MR) is 85.3 cm³/mol. The molecule has 1 unspecified atom stereocenters. The van der Waals surface area contributed by atoms with Gasteiger partial charge in [0.05, 0.1) is 0 Å². The molecule has 0 aromatic carbocycles. The highest BCUT2D eigenvalue weighted by atomic mass is 127. The Morgan fingerprint density at radius 2 is 1.94 bits per heavy atom. The summed E-state index contributed by atoms with van der Waals surface area (Å²) in [6.07, 6.45) is 2.63. The molecule has 17 heavy (non-hydrogen) atoms. The fourth-order valence-electron chi connectivity index (χ4n) is 2.15. The molecule has 4 nitrogen and oxygen atoms in total. The molecule has 0 saturated carbocycles. The second kappa shape index (κ2) is 9.94. The quantitative estimate of drug-likeness (QED) is 0.457. The standard InChI is InChI=1S/C12H26N4.HI/c1-4-13-12(14-5-2)15-9-11-7-6-8-16(3)10-11;/h11H,4-10H2,1-3H3,(H2,13,14,15);1H. The molecule has 1 atom stereocenters. The van der Waals surface area contributed by atoms with Crippen LogP contribution in [0.1, 0.15) is 26.7 Å². The molecular weight excluding hydrogens is 327 g/mol. The van der Waals surface area contributed by atoms with Gasteiger partial charge in [0.25, 0.3) is 0 Å². The summed E-state index contributed by atoms with van der Waals surface area (Å²) < 4.78 is 0. The maximum atomic E-state index is 4.63. The highest BCUT2D eigenvalue weighted by Crippen LogP contribution is 2.14. The van der Waals surface area contributed by atoms with E-state index in [-0.39, 0.29) is 24.0 Å². The Balaban J connectivity index is 0.00000256. The van der Waals surface area contributed by atoms with Crippen molar-refractivity contribution in [2.24, 2.45) is 10.9 Å². The zero-order chi connectivity index (χ0) is 11.8. The van der Waals surface area contributed by atoms with E-state index in [0.717, 1.165) is 31.5 Å². The third kappa shape index (κ3) is 7.08. The van der Waals surface area contributed by atoms with E-state index in [9.17, 15) is 0 Å². The summed E-state index contributed by atoms with van der Waals surface area (Å²) >= 11 is 0. The van der Waals surface area contributed by atoms with E-state index in [1.54, 1.807) is 0 Å². The van der Waals surface area contributed by atoms with Crippen molar-refractivity contribution in [2.75, 3.05) is 39.8 Å². The summed E-state index contributed by atoms with van der Waals surface area (Å²) in [6.45, 7) is 9.43. The minimum Gasteiger partial charge on any atom is -0.357 e. The van der Waals surface area contributed by atoms with Crippen LogP contribution in [0.5, 0.6) is 0 Å². The van der Waals surface area contributed by atoms with Gasteiger partial charge < -0.3 is 15.5 Å². The Kier molecular flexibility index (Phi) is 9.91. The average Bonchev–Trinajstić information content (AvgIpc) is 2.27. The van der Waals surface area contributed by atoms with E-state index in [2.05, 4.69) is 41.4 Å². The number of guanidine groups is 1. The maximum absolute atomic E-state index is 4.63. The van der Waals surface area contributed by atoms with Gasteiger partial charge in [-0.3, -0.25) is 4.99 Å². The summed E-state index contributed by atoms with van der Waals surface area (Å²) in [7, 11) is 2.20. The lowest BCUT2D eigenvalue weighted by Crippen LogP contribution is -2.38. The van der Waals surface area contributed by atoms with E-state index in [0.29, 0.717) is 0 Å². The third-order valence-electron chi connectivity index (χ3n) is 2.92. The van der Waals surface area contributed by atoms with Crippen LogP contribution in [0.15, 0.2) is 4.99 Å². The topological polar surface area (TPSA) is 39.7 Å². The van der Waals surface area contributed by atoms with E-state index in [1.165, 1.54) is 25.9 Å². The molecule has 0 radical (unpaired) electrons. The number of piperidine rings is 1. The van der Waals surface area contributed by atoms with Crippen LogP contribution in [0, 0.1) is 5.92 Å². The highest BCUT2D eigenvalue weighted by molar-refractivity contribution is 14.0. The minimum atomic E-state index is 0. The molecule has 0 aliphatic carbocycles. The summed E-state index contributed by atoms with van der Waals surface area (Å²) in [5.41, 5.74) is 0.